The van der Waals surface area contributed by atoms with Crippen LogP contribution in [0.25, 0.3) is 0 Å². The Labute approximate surface area is 97.8 Å². The molecule has 1 heterocycles. The molecule has 1 N–H and O–H groups in total. The van der Waals surface area contributed by atoms with Crippen LogP contribution in [0.5, 0.6) is 0 Å². The van der Waals surface area contributed by atoms with Gasteiger partial charge in [0.2, 0.25) is 0 Å². The molecule has 0 amide bonds. The average molecular weight is 226 g/mol. The normalized spacial score (nSPS) is 30.5. The summed E-state index contributed by atoms with van der Waals surface area (Å²) in [7, 11) is 0. The molecular weight excluding hydrogens is 204 g/mol. The van der Waals surface area contributed by atoms with Crippen molar-refractivity contribution in [2.24, 2.45) is 0 Å². The molecule has 3 nitrogen and oxygen atoms in total. The molecule has 92 valence electrons. The number of aliphatic hydroxyl groups is 1. The number of rotatable bonds is 6. The number of ether oxygens (including phenoxy) is 2. The van der Waals surface area contributed by atoms with Crippen molar-refractivity contribution in [2.45, 2.75) is 50.9 Å². The third-order valence-corrected chi connectivity index (χ3v) is 2.63. The van der Waals surface area contributed by atoms with E-state index < -0.39 is 0 Å². The lowest BCUT2D eigenvalue weighted by molar-refractivity contribution is -0.0556. The predicted molar refractivity (Wildman–Crippen MR) is 64.1 cm³/mol. The third kappa shape index (κ3) is 4.81. The highest BCUT2D eigenvalue weighted by molar-refractivity contribution is 4.94. The van der Waals surface area contributed by atoms with Crippen LogP contribution in [0.3, 0.4) is 0 Å². The van der Waals surface area contributed by atoms with Gasteiger partial charge in [0.05, 0.1) is 31.2 Å². The van der Waals surface area contributed by atoms with Crippen LogP contribution in [-0.4, -0.2) is 30.0 Å². The van der Waals surface area contributed by atoms with Gasteiger partial charge in [0.1, 0.15) is 0 Å². The Hall–Kier alpha value is -0.800. The molecule has 0 spiro atoms. The van der Waals surface area contributed by atoms with Gasteiger partial charge in [-0.1, -0.05) is 19.4 Å². The monoisotopic (exact) mass is 226 g/mol. The number of aliphatic hydroxyl groups excluding tert-OH is 1. The zero-order valence-electron chi connectivity index (χ0n) is 9.97. The van der Waals surface area contributed by atoms with Crippen LogP contribution in [0.4, 0.5) is 0 Å². The zero-order valence-corrected chi connectivity index (χ0v) is 9.97. The fourth-order valence-corrected chi connectivity index (χ4v) is 1.68. The molecule has 3 heteroatoms. The quantitative estimate of drug-likeness (QED) is 0.429. The van der Waals surface area contributed by atoms with E-state index in [1.54, 1.807) is 12.3 Å². The molecule has 0 bridgehead atoms. The Morgan fingerprint density at radius 1 is 1.44 bits per heavy atom. The van der Waals surface area contributed by atoms with Gasteiger partial charge >= 0.3 is 0 Å². The molecule has 1 aliphatic heterocycles. The molecule has 0 saturated carbocycles. The van der Waals surface area contributed by atoms with Crippen LogP contribution >= 0.6 is 0 Å². The first kappa shape index (κ1) is 13.3. The first-order chi connectivity index (χ1) is 7.76. The zero-order chi connectivity index (χ0) is 11.8. The van der Waals surface area contributed by atoms with Gasteiger partial charge in [-0.2, -0.15) is 0 Å². The number of hydrogen-bond donors (Lipinski definition) is 1. The highest BCUT2D eigenvalue weighted by atomic mass is 16.5. The van der Waals surface area contributed by atoms with Crippen LogP contribution in [0.1, 0.15) is 32.6 Å². The standard InChI is InChI=1S/C13H22O3/c1-3-5-7-15-8-6-13-10-11(14)9-12(4-2)16-13/h4,6,8,11-14H,2-3,5,7,9-10H2,1H3/b8-6-/t11-,12+,13-/m0/s1. The maximum Gasteiger partial charge on any atom is 0.0873 e. The molecule has 3 atom stereocenters. The summed E-state index contributed by atoms with van der Waals surface area (Å²) in [6.07, 6.45) is 8.35. The van der Waals surface area contributed by atoms with Crippen LogP contribution in [0, 0.1) is 0 Å². The van der Waals surface area contributed by atoms with E-state index in [4.69, 9.17) is 9.47 Å². The van der Waals surface area contributed by atoms with E-state index in [2.05, 4.69) is 13.5 Å². The first-order valence-corrected chi connectivity index (χ1v) is 6.00. The van der Waals surface area contributed by atoms with Crippen molar-refractivity contribution in [1.29, 1.82) is 0 Å². The Morgan fingerprint density at radius 2 is 2.19 bits per heavy atom. The van der Waals surface area contributed by atoms with Crippen molar-refractivity contribution in [2.75, 3.05) is 6.61 Å². The Bertz CT molecular complexity index is 225. The minimum atomic E-state index is -0.304. The molecule has 0 radical (unpaired) electrons. The first-order valence-electron chi connectivity index (χ1n) is 6.00. The summed E-state index contributed by atoms with van der Waals surface area (Å²) >= 11 is 0. The highest BCUT2D eigenvalue weighted by Gasteiger charge is 2.24. The fraction of sp³-hybridized carbons (Fsp3) is 0.692. The molecule has 16 heavy (non-hydrogen) atoms. The second-order valence-corrected chi connectivity index (χ2v) is 4.13. The predicted octanol–water partition coefficient (Wildman–Crippen LogP) is 2.41. The van der Waals surface area contributed by atoms with Gasteiger partial charge in [0.15, 0.2) is 0 Å². The third-order valence-electron chi connectivity index (χ3n) is 2.63. The minimum Gasteiger partial charge on any atom is -0.501 e. The molecule has 0 aliphatic carbocycles. The summed E-state index contributed by atoms with van der Waals surface area (Å²) in [6.45, 7) is 6.55. The van der Waals surface area contributed by atoms with Gasteiger partial charge in [0.25, 0.3) is 0 Å². The van der Waals surface area contributed by atoms with Gasteiger partial charge in [-0.25, -0.2) is 0 Å². The summed E-state index contributed by atoms with van der Waals surface area (Å²) in [4.78, 5) is 0. The van der Waals surface area contributed by atoms with Gasteiger partial charge in [-0.05, 0) is 12.5 Å². The van der Waals surface area contributed by atoms with E-state index in [0.717, 1.165) is 19.4 Å². The SMILES string of the molecule is C=C[C@@H]1C[C@H](O)C[C@H](/C=C\OCCCC)O1. The summed E-state index contributed by atoms with van der Waals surface area (Å²) in [5, 5.41) is 9.62. The molecule has 0 aromatic carbocycles. The molecule has 1 saturated heterocycles. The second kappa shape index (κ2) is 7.47. The van der Waals surface area contributed by atoms with Crippen molar-refractivity contribution in [1.82, 2.24) is 0 Å². The number of unbranched alkanes of at least 4 members (excludes halogenated alkanes) is 1. The van der Waals surface area contributed by atoms with Crippen LogP contribution in [-0.2, 0) is 9.47 Å². The Balaban J connectivity index is 2.27. The van der Waals surface area contributed by atoms with E-state index in [9.17, 15) is 5.11 Å². The van der Waals surface area contributed by atoms with E-state index in [0.29, 0.717) is 12.8 Å². The Kier molecular flexibility index (Phi) is 6.19. The van der Waals surface area contributed by atoms with Crippen molar-refractivity contribution >= 4 is 0 Å². The lowest BCUT2D eigenvalue weighted by Gasteiger charge is -2.29. The van der Waals surface area contributed by atoms with Gasteiger partial charge in [0, 0.05) is 12.8 Å². The molecular formula is C13H22O3. The summed E-state index contributed by atoms with van der Waals surface area (Å²) in [5.41, 5.74) is 0. The molecule has 1 aliphatic rings. The topological polar surface area (TPSA) is 38.7 Å². The van der Waals surface area contributed by atoms with Crippen molar-refractivity contribution in [3.8, 4) is 0 Å². The van der Waals surface area contributed by atoms with Crippen LogP contribution in [0.15, 0.2) is 25.0 Å². The average Bonchev–Trinajstić information content (AvgIpc) is 2.28. The van der Waals surface area contributed by atoms with E-state index in [1.165, 1.54) is 0 Å². The molecule has 1 fully saturated rings. The van der Waals surface area contributed by atoms with E-state index in [-0.39, 0.29) is 18.3 Å². The smallest absolute Gasteiger partial charge is 0.0873 e. The van der Waals surface area contributed by atoms with Gasteiger partial charge in [-0.3, -0.25) is 0 Å². The molecule has 1 rings (SSSR count). The van der Waals surface area contributed by atoms with Crippen molar-refractivity contribution in [3.05, 3.63) is 25.0 Å². The van der Waals surface area contributed by atoms with Crippen molar-refractivity contribution in [3.63, 3.8) is 0 Å². The lowest BCUT2D eigenvalue weighted by Crippen LogP contribution is -2.33. The van der Waals surface area contributed by atoms with Crippen molar-refractivity contribution < 1.29 is 14.6 Å². The fourth-order valence-electron chi connectivity index (χ4n) is 1.68. The Morgan fingerprint density at radius 3 is 2.88 bits per heavy atom. The summed E-state index contributed by atoms with van der Waals surface area (Å²) in [6, 6.07) is 0. The van der Waals surface area contributed by atoms with E-state index in [1.807, 2.05) is 6.08 Å². The lowest BCUT2D eigenvalue weighted by atomic mass is 10.0. The molecule has 0 unspecified atom stereocenters. The minimum absolute atomic E-state index is 0.0472. The summed E-state index contributed by atoms with van der Waals surface area (Å²) in [5.74, 6) is 0. The van der Waals surface area contributed by atoms with Gasteiger partial charge in [-0.15, -0.1) is 6.58 Å². The number of hydrogen-bond acceptors (Lipinski definition) is 3. The largest absolute Gasteiger partial charge is 0.501 e. The second-order valence-electron chi connectivity index (χ2n) is 4.13. The maximum atomic E-state index is 9.62. The maximum absolute atomic E-state index is 9.62. The van der Waals surface area contributed by atoms with Crippen LogP contribution < -0.4 is 0 Å². The van der Waals surface area contributed by atoms with Gasteiger partial charge < -0.3 is 14.6 Å². The summed E-state index contributed by atoms with van der Waals surface area (Å²) < 4.78 is 11.0. The van der Waals surface area contributed by atoms with E-state index >= 15 is 0 Å². The molecule has 0 aromatic rings. The highest BCUT2D eigenvalue weighted by Crippen LogP contribution is 2.21. The van der Waals surface area contributed by atoms with Crippen LogP contribution in [0.2, 0.25) is 0 Å². The molecule has 0 aromatic heterocycles.